The summed E-state index contributed by atoms with van der Waals surface area (Å²) in [4.78, 5) is 0. The first-order valence-electron chi connectivity index (χ1n) is 6.46. The van der Waals surface area contributed by atoms with Gasteiger partial charge in [-0.25, -0.2) is 0 Å². The number of aromatic nitrogens is 3. The minimum absolute atomic E-state index is 0.483. The monoisotopic (exact) mass is 260 g/mol. The highest BCUT2D eigenvalue weighted by atomic mass is 16.5. The van der Waals surface area contributed by atoms with E-state index in [9.17, 15) is 0 Å². The van der Waals surface area contributed by atoms with Crippen LogP contribution in [0.3, 0.4) is 0 Å². The second-order valence-corrected chi connectivity index (χ2v) is 4.68. The van der Waals surface area contributed by atoms with Crippen LogP contribution in [0.2, 0.25) is 0 Å². The van der Waals surface area contributed by atoms with Crippen LogP contribution in [0.5, 0.6) is 0 Å². The third kappa shape index (κ3) is 3.87. The van der Waals surface area contributed by atoms with Gasteiger partial charge in [-0.05, 0) is 5.92 Å². The van der Waals surface area contributed by atoms with E-state index in [0.717, 1.165) is 30.1 Å². The Bertz CT molecular complexity index is 483. The molecule has 1 atom stereocenters. The van der Waals surface area contributed by atoms with E-state index in [-0.39, 0.29) is 0 Å². The average Bonchev–Trinajstić information content (AvgIpc) is 2.88. The molecule has 0 aliphatic heterocycles. The van der Waals surface area contributed by atoms with Gasteiger partial charge in [0.1, 0.15) is 11.4 Å². The number of H-pyrrole nitrogens is 1. The van der Waals surface area contributed by atoms with Crippen molar-refractivity contribution in [1.29, 1.82) is 0 Å². The number of nitrogens with zero attached hydrogens (tertiary/aromatic N) is 2. The van der Waals surface area contributed by atoms with Crippen LogP contribution in [0.4, 0.5) is 0 Å². The molecule has 1 aromatic carbocycles. The number of aromatic amines is 1. The van der Waals surface area contributed by atoms with Crippen LogP contribution in [-0.4, -0.2) is 35.7 Å². The molecule has 0 bridgehead atoms. The van der Waals surface area contributed by atoms with Crippen molar-refractivity contribution in [3.05, 3.63) is 36.0 Å². The SMILES string of the molecule is COCC(C)CNCc1n[nH]nc1-c1ccccc1. The molecule has 0 fully saturated rings. The van der Waals surface area contributed by atoms with Crippen molar-refractivity contribution in [2.45, 2.75) is 13.5 Å². The van der Waals surface area contributed by atoms with Crippen molar-refractivity contribution in [2.24, 2.45) is 5.92 Å². The topological polar surface area (TPSA) is 62.8 Å². The first kappa shape index (κ1) is 13.7. The Morgan fingerprint density at radius 3 is 2.79 bits per heavy atom. The Kier molecular flexibility index (Phi) is 5.06. The number of benzene rings is 1. The third-order valence-electron chi connectivity index (χ3n) is 2.90. The highest BCUT2D eigenvalue weighted by Crippen LogP contribution is 2.18. The maximum absolute atomic E-state index is 5.11. The summed E-state index contributed by atoms with van der Waals surface area (Å²) < 4.78 is 5.11. The van der Waals surface area contributed by atoms with Gasteiger partial charge in [0.25, 0.3) is 0 Å². The number of nitrogens with one attached hydrogen (secondary N) is 2. The van der Waals surface area contributed by atoms with E-state index in [4.69, 9.17) is 4.74 Å². The van der Waals surface area contributed by atoms with E-state index in [1.165, 1.54) is 0 Å². The molecule has 0 spiro atoms. The van der Waals surface area contributed by atoms with Gasteiger partial charge in [-0.15, -0.1) is 0 Å². The van der Waals surface area contributed by atoms with Crippen molar-refractivity contribution in [3.8, 4) is 11.3 Å². The molecule has 5 nitrogen and oxygen atoms in total. The molecule has 2 aromatic rings. The zero-order chi connectivity index (χ0) is 13.5. The Balaban J connectivity index is 1.94. The Hall–Kier alpha value is -1.72. The van der Waals surface area contributed by atoms with Gasteiger partial charge in [0.15, 0.2) is 0 Å². The van der Waals surface area contributed by atoms with Gasteiger partial charge in [0.2, 0.25) is 0 Å². The van der Waals surface area contributed by atoms with Gasteiger partial charge in [-0.1, -0.05) is 37.3 Å². The summed E-state index contributed by atoms with van der Waals surface area (Å²) in [5.74, 6) is 0.483. The normalized spacial score (nSPS) is 12.5. The molecule has 0 radical (unpaired) electrons. The van der Waals surface area contributed by atoms with Gasteiger partial charge < -0.3 is 10.1 Å². The predicted molar refractivity (Wildman–Crippen MR) is 74.6 cm³/mol. The molecule has 1 heterocycles. The molecular formula is C14H20N4O. The molecule has 1 aromatic heterocycles. The first-order chi connectivity index (χ1) is 9.31. The van der Waals surface area contributed by atoms with Crippen LogP contribution in [0.15, 0.2) is 30.3 Å². The van der Waals surface area contributed by atoms with Gasteiger partial charge in [-0.3, -0.25) is 0 Å². The second kappa shape index (κ2) is 7.01. The lowest BCUT2D eigenvalue weighted by Gasteiger charge is -2.10. The van der Waals surface area contributed by atoms with Gasteiger partial charge in [-0.2, -0.15) is 15.4 Å². The Labute approximate surface area is 113 Å². The fourth-order valence-corrected chi connectivity index (χ4v) is 1.98. The number of methoxy groups -OCH3 is 1. The molecule has 0 amide bonds. The molecule has 0 saturated heterocycles. The summed E-state index contributed by atoms with van der Waals surface area (Å²) in [5.41, 5.74) is 2.93. The lowest BCUT2D eigenvalue weighted by Crippen LogP contribution is -2.23. The minimum atomic E-state index is 0.483. The lowest BCUT2D eigenvalue weighted by molar-refractivity contribution is 0.158. The number of hydrogen-bond acceptors (Lipinski definition) is 4. The quantitative estimate of drug-likeness (QED) is 0.797. The summed E-state index contributed by atoms with van der Waals surface area (Å²) in [7, 11) is 1.72. The van der Waals surface area contributed by atoms with E-state index in [1.807, 2.05) is 30.3 Å². The van der Waals surface area contributed by atoms with Crippen LogP contribution in [0.25, 0.3) is 11.3 Å². The number of ether oxygens (including phenoxy) is 1. The van der Waals surface area contributed by atoms with E-state index < -0.39 is 0 Å². The van der Waals surface area contributed by atoms with Crippen LogP contribution < -0.4 is 5.32 Å². The largest absolute Gasteiger partial charge is 0.384 e. The summed E-state index contributed by atoms with van der Waals surface area (Å²) in [6, 6.07) is 10.1. The number of hydrogen-bond donors (Lipinski definition) is 2. The van der Waals surface area contributed by atoms with Crippen molar-refractivity contribution in [1.82, 2.24) is 20.7 Å². The molecule has 2 rings (SSSR count). The molecule has 0 aliphatic carbocycles. The molecule has 102 valence electrons. The standard InChI is InChI=1S/C14H20N4O/c1-11(10-19-2)8-15-9-13-14(17-18-16-13)12-6-4-3-5-7-12/h3-7,11,15H,8-10H2,1-2H3,(H,16,17,18). The zero-order valence-electron chi connectivity index (χ0n) is 11.4. The van der Waals surface area contributed by atoms with Crippen LogP contribution in [-0.2, 0) is 11.3 Å². The number of rotatable bonds is 7. The maximum atomic E-state index is 5.11. The molecule has 19 heavy (non-hydrogen) atoms. The molecule has 0 aliphatic rings. The van der Waals surface area contributed by atoms with Gasteiger partial charge in [0, 0.05) is 32.4 Å². The molecule has 1 unspecified atom stereocenters. The predicted octanol–water partition coefficient (Wildman–Crippen LogP) is 1.84. The van der Waals surface area contributed by atoms with Crippen LogP contribution in [0.1, 0.15) is 12.6 Å². The van der Waals surface area contributed by atoms with E-state index in [1.54, 1.807) is 7.11 Å². The third-order valence-corrected chi connectivity index (χ3v) is 2.90. The van der Waals surface area contributed by atoms with E-state index in [2.05, 4.69) is 27.7 Å². The van der Waals surface area contributed by atoms with Crippen LogP contribution >= 0.6 is 0 Å². The molecule has 5 heteroatoms. The highest BCUT2D eigenvalue weighted by molar-refractivity contribution is 5.60. The van der Waals surface area contributed by atoms with Gasteiger partial charge in [0.05, 0.1) is 0 Å². The molecule has 2 N–H and O–H groups in total. The summed E-state index contributed by atoms with van der Waals surface area (Å²) >= 11 is 0. The first-order valence-corrected chi connectivity index (χ1v) is 6.46. The highest BCUT2D eigenvalue weighted by Gasteiger charge is 2.10. The zero-order valence-corrected chi connectivity index (χ0v) is 11.4. The minimum Gasteiger partial charge on any atom is -0.384 e. The summed E-state index contributed by atoms with van der Waals surface area (Å²) in [6.07, 6.45) is 0. The average molecular weight is 260 g/mol. The lowest BCUT2D eigenvalue weighted by atomic mass is 10.1. The summed E-state index contributed by atoms with van der Waals surface area (Å²) in [6.45, 7) is 4.51. The second-order valence-electron chi connectivity index (χ2n) is 4.68. The maximum Gasteiger partial charge on any atom is 0.117 e. The van der Waals surface area contributed by atoms with E-state index >= 15 is 0 Å². The smallest absolute Gasteiger partial charge is 0.117 e. The van der Waals surface area contributed by atoms with Crippen molar-refractivity contribution in [2.75, 3.05) is 20.3 Å². The molecule has 0 saturated carbocycles. The van der Waals surface area contributed by atoms with E-state index in [0.29, 0.717) is 12.5 Å². The van der Waals surface area contributed by atoms with Gasteiger partial charge >= 0.3 is 0 Å². The fraction of sp³-hybridized carbons (Fsp3) is 0.429. The Morgan fingerprint density at radius 1 is 1.26 bits per heavy atom. The van der Waals surface area contributed by atoms with Crippen LogP contribution in [0, 0.1) is 5.92 Å². The van der Waals surface area contributed by atoms with Crippen molar-refractivity contribution < 1.29 is 4.74 Å². The van der Waals surface area contributed by atoms with Crippen molar-refractivity contribution in [3.63, 3.8) is 0 Å². The summed E-state index contributed by atoms with van der Waals surface area (Å²) in [5, 5.41) is 14.5. The fourth-order valence-electron chi connectivity index (χ4n) is 1.98. The Morgan fingerprint density at radius 2 is 2.05 bits per heavy atom. The van der Waals surface area contributed by atoms with Crippen molar-refractivity contribution >= 4 is 0 Å². The molecular weight excluding hydrogens is 240 g/mol.